The first kappa shape index (κ1) is 22.6. The van der Waals surface area contributed by atoms with Gasteiger partial charge in [0.2, 0.25) is 0 Å². The lowest BCUT2D eigenvalue weighted by atomic mass is 10.0. The van der Waals surface area contributed by atoms with Crippen LogP contribution in [0.5, 0.6) is 0 Å². The zero-order valence-corrected chi connectivity index (χ0v) is 19.2. The van der Waals surface area contributed by atoms with Gasteiger partial charge in [0.15, 0.2) is 5.13 Å². The molecule has 2 aromatic carbocycles. The Morgan fingerprint density at radius 3 is 2.47 bits per heavy atom. The Balaban J connectivity index is 1.90. The molecule has 1 heterocycles. The van der Waals surface area contributed by atoms with Gasteiger partial charge in [-0.2, -0.15) is 0 Å². The van der Waals surface area contributed by atoms with E-state index in [9.17, 15) is 9.90 Å². The lowest BCUT2D eigenvalue weighted by Crippen LogP contribution is -2.25. The minimum Gasteiger partial charge on any atom is -0.481 e. The van der Waals surface area contributed by atoms with Crippen LogP contribution in [0, 0.1) is 5.92 Å². The molecule has 0 saturated carbocycles. The molecule has 158 valence electrons. The fourth-order valence-electron chi connectivity index (χ4n) is 3.25. The number of thiazole rings is 1. The zero-order valence-electron chi connectivity index (χ0n) is 16.9. The van der Waals surface area contributed by atoms with Gasteiger partial charge in [-0.25, -0.2) is 4.98 Å². The summed E-state index contributed by atoms with van der Waals surface area (Å²) in [6, 6.07) is 15.1. The van der Waals surface area contributed by atoms with Gasteiger partial charge in [-0.05, 0) is 36.5 Å². The number of carboxylic acids is 1. The van der Waals surface area contributed by atoms with E-state index < -0.39 is 5.97 Å². The molecule has 4 nitrogen and oxygen atoms in total. The summed E-state index contributed by atoms with van der Waals surface area (Å²) >= 11 is 13.9. The van der Waals surface area contributed by atoms with Crippen molar-refractivity contribution in [3.8, 4) is 11.3 Å². The first-order valence-electron chi connectivity index (χ1n) is 9.79. The maximum absolute atomic E-state index is 11.4. The van der Waals surface area contributed by atoms with Crippen LogP contribution in [-0.2, 0) is 17.6 Å². The quantitative estimate of drug-likeness (QED) is 0.366. The van der Waals surface area contributed by atoms with Gasteiger partial charge >= 0.3 is 5.97 Å². The molecule has 30 heavy (non-hydrogen) atoms. The fourth-order valence-corrected chi connectivity index (χ4v) is 4.82. The molecule has 3 rings (SSSR count). The van der Waals surface area contributed by atoms with Crippen molar-refractivity contribution in [2.75, 3.05) is 5.32 Å². The molecule has 0 aliphatic carbocycles. The first-order valence-corrected chi connectivity index (χ1v) is 11.4. The van der Waals surface area contributed by atoms with Crippen LogP contribution >= 0.6 is 34.5 Å². The largest absolute Gasteiger partial charge is 0.481 e. The molecule has 7 heteroatoms. The number of aromatic nitrogens is 1. The number of benzene rings is 2. The second kappa shape index (κ2) is 10.3. The average molecular weight is 463 g/mol. The summed E-state index contributed by atoms with van der Waals surface area (Å²) in [5.74, 6) is -0.383. The molecule has 0 aliphatic rings. The third kappa shape index (κ3) is 6.21. The number of carbonyl (C=O) groups is 1. The molecule has 0 amide bonds. The minimum atomic E-state index is -0.841. The van der Waals surface area contributed by atoms with Crippen molar-refractivity contribution in [2.45, 2.75) is 39.2 Å². The summed E-state index contributed by atoms with van der Waals surface area (Å²) in [5.41, 5.74) is 2.85. The van der Waals surface area contributed by atoms with Gasteiger partial charge in [0, 0.05) is 16.5 Å². The highest BCUT2D eigenvalue weighted by atomic mass is 35.5. The SMILES string of the molecule is CC(C)Cc1sc(NC(CC(=O)O)Cc2ccccc2)nc1-c1ccc(Cl)c(Cl)c1. The minimum absolute atomic E-state index is 0.0100. The van der Waals surface area contributed by atoms with Gasteiger partial charge in [-0.1, -0.05) is 73.4 Å². The molecule has 0 bridgehead atoms. The molecule has 1 unspecified atom stereocenters. The number of nitrogens with one attached hydrogen (secondary N) is 1. The van der Waals surface area contributed by atoms with Crippen LogP contribution in [0.3, 0.4) is 0 Å². The molecule has 1 atom stereocenters. The second-order valence-corrected chi connectivity index (χ2v) is 9.54. The zero-order chi connectivity index (χ0) is 21.7. The van der Waals surface area contributed by atoms with Gasteiger partial charge < -0.3 is 10.4 Å². The van der Waals surface area contributed by atoms with Crippen LogP contribution in [0.25, 0.3) is 11.3 Å². The molecule has 0 aliphatic heterocycles. The molecule has 0 fully saturated rings. The second-order valence-electron chi connectivity index (χ2n) is 7.65. The number of carboxylic acid groups (broad SMARTS) is 1. The van der Waals surface area contributed by atoms with E-state index in [2.05, 4.69) is 19.2 Å². The summed E-state index contributed by atoms with van der Waals surface area (Å²) in [6.45, 7) is 4.32. The normalized spacial score (nSPS) is 12.2. The van der Waals surface area contributed by atoms with Crippen LogP contribution in [0.1, 0.15) is 30.7 Å². The number of aliphatic carboxylic acids is 1. The Morgan fingerprint density at radius 2 is 1.83 bits per heavy atom. The fraction of sp³-hybridized carbons (Fsp3) is 0.304. The number of hydrogen-bond donors (Lipinski definition) is 2. The smallest absolute Gasteiger partial charge is 0.305 e. The highest BCUT2D eigenvalue weighted by Gasteiger charge is 2.19. The molecule has 0 spiro atoms. The summed E-state index contributed by atoms with van der Waals surface area (Å²) in [6.07, 6.45) is 1.49. The van der Waals surface area contributed by atoms with Gasteiger partial charge in [0.05, 0.1) is 22.2 Å². The number of anilines is 1. The Kier molecular flexibility index (Phi) is 7.75. The third-order valence-corrected chi connectivity index (χ3v) is 6.31. The molecule has 0 saturated heterocycles. The van der Waals surface area contributed by atoms with E-state index in [4.69, 9.17) is 28.2 Å². The van der Waals surface area contributed by atoms with E-state index in [-0.39, 0.29) is 12.5 Å². The highest BCUT2D eigenvalue weighted by Crippen LogP contribution is 2.36. The van der Waals surface area contributed by atoms with Crippen molar-refractivity contribution in [3.05, 3.63) is 69.0 Å². The topological polar surface area (TPSA) is 62.2 Å². The van der Waals surface area contributed by atoms with Crippen molar-refractivity contribution in [1.82, 2.24) is 4.98 Å². The van der Waals surface area contributed by atoms with Crippen molar-refractivity contribution in [2.24, 2.45) is 5.92 Å². The number of nitrogens with zero attached hydrogens (tertiary/aromatic N) is 1. The lowest BCUT2D eigenvalue weighted by Gasteiger charge is -2.16. The number of rotatable bonds is 9. The average Bonchev–Trinajstić information content (AvgIpc) is 3.05. The maximum Gasteiger partial charge on any atom is 0.305 e. The van der Waals surface area contributed by atoms with Gasteiger partial charge in [-0.3, -0.25) is 4.79 Å². The molecule has 3 aromatic rings. The predicted molar refractivity (Wildman–Crippen MR) is 126 cm³/mol. The Hall–Kier alpha value is -2.08. The predicted octanol–water partition coefficient (Wildman–Crippen LogP) is 6.81. The van der Waals surface area contributed by atoms with Crippen LogP contribution in [0.4, 0.5) is 5.13 Å². The van der Waals surface area contributed by atoms with Crippen LogP contribution in [-0.4, -0.2) is 22.1 Å². The summed E-state index contributed by atoms with van der Waals surface area (Å²) < 4.78 is 0. The number of halogens is 2. The summed E-state index contributed by atoms with van der Waals surface area (Å²) in [4.78, 5) is 17.4. The lowest BCUT2D eigenvalue weighted by molar-refractivity contribution is -0.137. The van der Waals surface area contributed by atoms with Crippen LogP contribution in [0.2, 0.25) is 10.0 Å². The molecule has 1 aromatic heterocycles. The summed E-state index contributed by atoms with van der Waals surface area (Å²) in [5, 5.41) is 14.4. The Morgan fingerprint density at radius 1 is 1.10 bits per heavy atom. The monoisotopic (exact) mass is 462 g/mol. The molecule has 2 N–H and O–H groups in total. The number of hydrogen-bond acceptors (Lipinski definition) is 4. The Bertz CT molecular complexity index is 1010. The van der Waals surface area contributed by atoms with Crippen molar-refractivity contribution in [3.63, 3.8) is 0 Å². The van der Waals surface area contributed by atoms with Gasteiger partial charge in [-0.15, -0.1) is 11.3 Å². The van der Waals surface area contributed by atoms with Crippen molar-refractivity contribution >= 4 is 45.6 Å². The van der Waals surface area contributed by atoms with E-state index >= 15 is 0 Å². The Labute approximate surface area is 190 Å². The summed E-state index contributed by atoms with van der Waals surface area (Å²) in [7, 11) is 0. The van der Waals surface area contributed by atoms with Crippen LogP contribution < -0.4 is 5.32 Å². The van der Waals surface area contributed by atoms with E-state index in [1.807, 2.05) is 42.5 Å². The third-order valence-electron chi connectivity index (χ3n) is 4.56. The van der Waals surface area contributed by atoms with Crippen LogP contribution in [0.15, 0.2) is 48.5 Å². The van der Waals surface area contributed by atoms with Gasteiger partial charge in [0.25, 0.3) is 0 Å². The highest BCUT2D eigenvalue weighted by molar-refractivity contribution is 7.16. The molecule has 0 radical (unpaired) electrons. The first-order chi connectivity index (χ1) is 14.3. The van der Waals surface area contributed by atoms with Crippen molar-refractivity contribution < 1.29 is 9.90 Å². The van der Waals surface area contributed by atoms with Gasteiger partial charge in [0.1, 0.15) is 0 Å². The maximum atomic E-state index is 11.4. The van der Waals surface area contributed by atoms with E-state index in [0.717, 1.165) is 28.1 Å². The molecular formula is C23H24Cl2N2O2S. The van der Waals surface area contributed by atoms with E-state index in [0.29, 0.717) is 27.5 Å². The van der Waals surface area contributed by atoms with E-state index in [1.165, 1.54) is 0 Å². The standard InChI is InChI=1S/C23H24Cl2N2O2S/c1-14(2)10-20-22(16-8-9-18(24)19(25)12-16)27-23(30-20)26-17(13-21(28)29)11-15-6-4-3-5-7-15/h3-9,12,14,17H,10-11,13H2,1-2H3,(H,26,27)(H,28,29). The molecular weight excluding hydrogens is 439 g/mol. The van der Waals surface area contributed by atoms with Crippen molar-refractivity contribution in [1.29, 1.82) is 0 Å². The van der Waals surface area contributed by atoms with E-state index in [1.54, 1.807) is 17.4 Å².